The van der Waals surface area contributed by atoms with Gasteiger partial charge in [-0.15, -0.1) is 0 Å². The van der Waals surface area contributed by atoms with Gasteiger partial charge in [0.1, 0.15) is 10.8 Å². The van der Waals surface area contributed by atoms with Gasteiger partial charge < -0.3 is 10.1 Å². The molecule has 2 rings (SSSR count). The predicted octanol–water partition coefficient (Wildman–Crippen LogP) is 2.87. The van der Waals surface area contributed by atoms with Crippen molar-refractivity contribution in [2.24, 2.45) is 7.05 Å². The van der Waals surface area contributed by atoms with Crippen LogP contribution in [0.2, 0.25) is 5.15 Å². The fourth-order valence-corrected chi connectivity index (χ4v) is 3.14. The molecule has 1 amide bonds. The van der Waals surface area contributed by atoms with Gasteiger partial charge >= 0.3 is 6.09 Å². The number of nitrogens with zero attached hydrogens (tertiary/aromatic N) is 3. The van der Waals surface area contributed by atoms with E-state index >= 15 is 0 Å². The maximum atomic E-state index is 11.8. The third-order valence-electron chi connectivity index (χ3n) is 4.01. The summed E-state index contributed by atoms with van der Waals surface area (Å²) in [6.45, 7) is 9.92. The normalized spacial score (nSPS) is 19.1. The zero-order valence-electron chi connectivity index (χ0n) is 14.6. The minimum atomic E-state index is -0.472. The number of amides is 1. The molecule has 2 heterocycles. The highest BCUT2D eigenvalue weighted by molar-refractivity contribution is 6.30. The Labute approximate surface area is 143 Å². The highest BCUT2D eigenvalue weighted by Crippen LogP contribution is 2.25. The molecular formula is C16H27ClN4O2. The Morgan fingerprint density at radius 1 is 1.48 bits per heavy atom. The molecule has 1 saturated heterocycles. The number of hydrogen-bond acceptors (Lipinski definition) is 4. The molecule has 0 unspecified atom stereocenters. The molecule has 0 bridgehead atoms. The number of carbonyl (C=O) groups excluding carboxylic acids is 1. The molecule has 0 saturated carbocycles. The third kappa shape index (κ3) is 4.85. The number of rotatable bonds is 4. The molecule has 1 atom stereocenters. The number of aromatic nitrogens is 2. The van der Waals surface area contributed by atoms with Gasteiger partial charge in [0.2, 0.25) is 0 Å². The summed E-state index contributed by atoms with van der Waals surface area (Å²) in [6.07, 6.45) is 1.82. The molecule has 1 aromatic rings. The summed E-state index contributed by atoms with van der Waals surface area (Å²) >= 11 is 6.32. The monoisotopic (exact) mass is 342 g/mol. The first kappa shape index (κ1) is 18.1. The van der Waals surface area contributed by atoms with E-state index in [1.165, 1.54) is 0 Å². The number of carbonyl (C=O) groups is 1. The third-order valence-corrected chi connectivity index (χ3v) is 4.48. The van der Waals surface area contributed by atoms with E-state index in [1.807, 2.05) is 34.7 Å². The van der Waals surface area contributed by atoms with Crippen molar-refractivity contribution in [1.29, 1.82) is 0 Å². The fraction of sp³-hybridized carbons (Fsp3) is 0.750. The number of ether oxygens (including phenoxy) is 1. The predicted molar refractivity (Wildman–Crippen MR) is 90.6 cm³/mol. The van der Waals surface area contributed by atoms with E-state index in [2.05, 4.69) is 15.3 Å². The molecule has 1 N–H and O–H groups in total. The Hall–Kier alpha value is -1.27. The fourth-order valence-electron chi connectivity index (χ4n) is 2.91. The Morgan fingerprint density at radius 3 is 2.74 bits per heavy atom. The van der Waals surface area contributed by atoms with Crippen LogP contribution in [0.25, 0.3) is 0 Å². The largest absolute Gasteiger partial charge is 0.444 e. The van der Waals surface area contributed by atoms with E-state index in [9.17, 15) is 4.79 Å². The summed E-state index contributed by atoms with van der Waals surface area (Å²) < 4.78 is 6.99. The molecule has 23 heavy (non-hydrogen) atoms. The lowest BCUT2D eigenvalue weighted by atomic mass is 10.2. The van der Waals surface area contributed by atoms with Crippen molar-refractivity contribution < 1.29 is 9.53 Å². The van der Waals surface area contributed by atoms with Crippen LogP contribution < -0.4 is 5.32 Å². The molecule has 130 valence electrons. The van der Waals surface area contributed by atoms with Crippen molar-refractivity contribution in [3.05, 3.63) is 16.4 Å². The first-order valence-corrected chi connectivity index (χ1v) is 8.44. The zero-order valence-corrected chi connectivity index (χ0v) is 15.4. The lowest BCUT2D eigenvalue weighted by Gasteiger charge is -2.26. The summed E-state index contributed by atoms with van der Waals surface area (Å²) in [4.78, 5) is 14.2. The molecule has 1 aliphatic heterocycles. The van der Waals surface area contributed by atoms with Crippen LogP contribution in [0.5, 0.6) is 0 Å². The van der Waals surface area contributed by atoms with Gasteiger partial charge in [-0.3, -0.25) is 9.58 Å². The SMILES string of the molecule is Cc1nn(C)c(Cl)c1CN1CCC[C@H]1CNC(=O)OC(C)(C)C. The van der Waals surface area contributed by atoms with Crippen LogP contribution in [-0.2, 0) is 18.3 Å². The summed E-state index contributed by atoms with van der Waals surface area (Å²) in [6, 6.07) is 0.304. The molecule has 0 aliphatic carbocycles. The van der Waals surface area contributed by atoms with Crippen LogP contribution in [0.1, 0.15) is 44.9 Å². The standard InChI is InChI=1S/C16H27ClN4O2/c1-11-13(14(17)20(5)19-11)10-21-8-6-7-12(21)9-18-15(22)23-16(2,3)4/h12H,6-10H2,1-5H3,(H,18,22)/t12-/m0/s1. The number of aryl methyl sites for hydroxylation is 2. The van der Waals surface area contributed by atoms with Crippen LogP contribution in [0, 0.1) is 6.92 Å². The Bertz CT molecular complexity index is 565. The van der Waals surface area contributed by atoms with Gasteiger partial charge in [0.15, 0.2) is 0 Å². The summed E-state index contributed by atoms with van der Waals surface area (Å²) in [7, 11) is 1.85. The molecule has 1 fully saturated rings. The van der Waals surface area contributed by atoms with E-state index in [-0.39, 0.29) is 6.09 Å². The second kappa shape index (κ2) is 7.09. The van der Waals surface area contributed by atoms with Gasteiger partial charge in [0.25, 0.3) is 0 Å². The van der Waals surface area contributed by atoms with Gasteiger partial charge in [-0.1, -0.05) is 11.6 Å². The van der Waals surface area contributed by atoms with Crippen molar-refractivity contribution in [2.45, 2.75) is 58.7 Å². The number of hydrogen-bond donors (Lipinski definition) is 1. The summed E-state index contributed by atoms with van der Waals surface area (Å²) in [5, 5.41) is 7.92. The average Bonchev–Trinajstić information content (AvgIpc) is 2.95. The highest BCUT2D eigenvalue weighted by Gasteiger charge is 2.27. The molecule has 0 radical (unpaired) electrons. The van der Waals surface area contributed by atoms with Crippen molar-refractivity contribution in [2.75, 3.05) is 13.1 Å². The number of likely N-dealkylation sites (tertiary alicyclic amines) is 1. The van der Waals surface area contributed by atoms with Crippen LogP contribution in [0.3, 0.4) is 0 Å². The van der Waals surface area contributed by atoms with Crippen molar-refractivity contribution >= 4 is 17.7 Å². The van der Waals surface area contributed by atoms with Crippen molar-refractivity contribution in [3.8, 4) is 0 Å². The van der Waals surface area contributed by atoms with E-state index in [0.717, 1.165) is 37.2 Å². The minimum absolute atomic E-state index is 0.304. The van der Waals surface area contributed by atoms with Gasteiger partial charge in [-0.05, 0) is 47.1 Å². The molecular weight excluding hydrogens is 316 g/mol. The lowest BCUT2D eigenvalue weighted by Crippen LogP contribution is -2.41. The Balaban J connectivity index is 1.92. The topological polar surface area (TPSA) is 59.4 Å². The lowest BCUT2D eigenvalue weighted by molar-refractivity contribution is 0.0512. The first-order chi connectivity index (χ1) is 10.7. The number of halogens is 1. The molecule has 1 aliphatic rings. The van der Waals surface area contributed by atoms with Gasteiger partial charge in [-0.2, -0.15) is 5.10 Å². The second-order valence-electron chi connectivity index (χ2n) is 7.13. The second-order valence-corrected chi connectivity index (χ2v) is 7.49. The van der Waals surface area contributed by atoms with Gasteiger partial charge in [-0.25, -0.2) is 4.79 Å². The summed E-state index contributed by atoms with van der Waals surface area (Å²) in [5.41, 5.74) is 1.56. The molecule has 0 spiro atoms. The van der Waals surface area contributed by atoms with Crippen LogP contribution in [-0.4, -0.2) is 45.5 Å². The van der Waals surface area contributed by atoms with Crippen LogP contribution in [0.15, 0.2) is 0 Å². The first-order valence-electron chi connectivity index (χ1n) is 8.06. The zero-order chi connectivity index (χ0) is 17.2. The Morgan fingerprint density at radius 2 is 2.17 bits per heavy atom. The molecule has 0 aromatic carbocycles. The average molecular weight is 343 g/mol. The number of nitrogens with one attached hydrogen (secondary N) is 1. The maximum absolute atomic E-state index is 11.8. The highest BCUT2D eigenvalue weighted by atomic mass is 35.5. The van der Waals surface area contributed by atoms with Crippen LogP contribution >= 0.6 is 11.6 Å². The van der Waals surface area contributed by atoms with Crippen molar-refractivity contribution in [3.63, 3.8) is 0 Å². The Kier molecular flexibility index (Phi) is 5.57. The maximum Gasteiger partial charge on any atom is 0.407 e. The van der Waals surface area contributed by atoms with Gasteiger partial charge in [0, 0.05) is 31.7 Å². The molecule has 6 nitrogen and oxygen atoms in total. The molecule has 7 heteroatoms. The minimum Gasteiger partial charge on any atom is -0.444 e. The number of alkyl carbamates (subject to hydrolysis) is 1. The van der Waals surface area contributed by atoms with Crippen molar-refractivity contribution in [1.82, 2.24) is 20.0 Å². The quantitative estimate of drug-likeness (QED) is 0.914. The summed E-state index contributed by atoms with van der Waals surface area (Å²) in [5.74, 6) is 0. The van der Waals surface area contributed by atoms with E-state index < -0.39 is 5.60 Å². The molecule has 1 aromatic heterocycles. The van der Waals surface area contributed by atoms with Gasteiger partial charge in [0.05, 0.1) is 5.69 Å². The van der Waals surface area contributed by atoms with E-state index in [4.69, 9.17) is 16.3 Å². The smallest absolute Gasteiger partial charge is 0.407 e. The van der Waals surface area contributed by atoms with E-state index in [1.54, 1.807) is 4.68 Å². The van der Waals surface area contributed by atoms with Crippen LogP contribution in [0.4, 0.5) is 4.79 Å². The van der Waals surface area contributed by atoms with E-state index in [0.29, 0.717) is 17.7 Å².